The van der Waals surface area contributed by atoms with E-state index in [1.807, 2.05) is 13.8 Å². The summed E-state index contributed by atoms with van der Waals surface area (Å²) >= 11 is 1.61. The third-order valence-corrected chi connectivity index (χ3v) is 8.93. The minimum Gasteiger partial charge on any atom is -0.296 e. The molecule has 2 rings (SSSR count). The molecule has 0 bridgehead atoms. The number of Topliss-reactive ketones (excluding diaryl/α,β-unsaturated/α-hetero) is 1. The number of thioether (sulfide) groups is 1. The van der Waals surface area contributed by atoms with E-state index in [0.717, 1.165) is 17.7 Å². The van der Waals surface area contributed by atoms with Crippen LogP contribution in [0, 0.1) is 0 Å². The van der Waals surface area contributed by atoms with E-state index in [1.54, 1.807) is 11.8 Å². The lowest BCUT2D eigenvalue weighted by molar-refractivity contribution is -0.120. The summed E-state index contributed by atoms with van der Waals surface area (Å²) in [6.07, 6.45) is 1.59. The van der Waals surface area contributed by atoms with Crippen LogP contribution in [0.1, 0.15) is 64.5 Å². The second kappa shape index (κ2) is 7.10. The van der Waals surface area contributed by atoms with Crippen LogP contribution in [-0.4, -0.2) is 25.6 Å². The average Bonchev–Trinajstić information content (AvgIpc) is 2.53. The molecule has 0 aromatic heterocycles. The van der Waals surface area contributed by atoms with Gasteiger partial charge in [-0.1, -0.05) is 58.9 Å². The first-order chi connectivity index (χ1) is 10.7. The number of carbonyl (C=O) groups is 1. The fourth-order valence-corrected chi connectivity index (χ4v) is 6.84. The van der Waals surface area contributed by atoms with Gasteiger partial charge in [0.05, 0.1) is 0 Å². The molecule has 1 aromatic carbocycles. The molecular formula is C19H28O2S2. The third-order valence-electron chi connectivity index (χ3n) is 4.69. The number of hydrogen-bond acceptors (Lipinski definition) is 3. The lowest BCUT2D eigenvalue weighted by atomic mass is 9.85. The molecule has 1 aliphatic heterocycles. The predicted octanol–water partition coefficient (Wildman–Crippen LogP) is 4.65. The molecule has 0 N–H and O–H groups in total. The summed E-state index contributed by atoms with van der Waals surface area (Å²) in [5, 5.41) is 0. The molecule has 128 valence electrons. The summed E-state index contributed by atoms with van der Waals surface area (Å²) in [7, 11) is -1.07. The van der Waals surface area contributed by atoms with Crippen LogP contribution < -0.4 is 0 Å². The first-order valence-corrected chi connectivity index (χ1v) is 10.7. The van der Waals surface area contributed by atoms with Crippen LogP contribution in [-0.2, 0) is 21.0 Å². The lowest BCUT2D eigenvalue weighted by Crippen LogP contribution is -2.45. The maximum atomic E-state index is 13.1. The summed E-state index contributed by atoms with van der Waals surface area (Å²) in [6, 6.07) is 8.34. The van der Waals surface area contributed by atoms with E-state index < -0.39 is 14.9 Å². The maximum Gasteiger partial charge on any atom is 0.168 e. The summed E-state index contributed by atoms with van der Waals surface area (Å²) in [4.78, 5) is 13.1. The highest BCUT2D eigenvalue weighted by molar-refractivity contribution is 8.14. The highest BCUT2D eigenvalue weighted by Gasteiger charge is 2.46. The van der Waals surface area contributed by atoms with Crippen molar-refractivity contribution in [2.75, 3.05) is 11.5 Å². The topological polar surface area (TPSA) is 34.1 Å². The van der Waals surface area contributed by atoms with Crippen LogP contribution in [0.15, 0.2) is 24.3 Å². The van der Waals surface area contributed by atoms with Crippen LogP contribution in [0.2, 0.25) is 0 Å². The Balaban J connectivity index is 2.26. The predicted molar refractivity (Wildman–Crippen MR) is 102 cm³/mol. The summed E-state index contributed by atoms with van der Waals surface area (Å²) < 4.78 is 11.9. The van der Waals surface area contributed by atoms with E-state index in [0.29, 0.717) is 12.2 Å². The lowest BCUT2D eigenvalue weighted by Gasteiger charge is -2.35. The maximum absolute atomic E-state index is 13.1. The van der Waals surface area contributed by atoms with Crippen molar-refractivity contribution in [2.45, 2.75) is 62.9 Å². The molecule has 4 heteroatoms. The van der Waals surface area contributed by atoms with Crippen molar-refractivity contribution in [2.24, 2.45) is 0 Å². The molecule has 2 nitrogen and oxygen atoms in total. The molecule has 0 aliphatic carbocycles. The SMILES string of the molecule is CC[C@@]1(C(=O)[C@@H](C)c2ccc(C(C)(C)C)cc2)SCCC[S@]1=O. The fraction of sp³-hybridized carbons (Fsp3) is 0.632. The van der Waals surface area contributed by atoms with Gasteiger partial charge < -0.3 is 0 Å². The van der Waals surface area contributed by atoms with Gasteiger partial charge in [0.25, 0.3) is 0 Å². The van der Waals surface area contributed by atoms with E-state index in [2.05, 4.69) is 45.0 Å². The Kier molecular flexibility index (Phi) is 5.78. The molecule has 1 fully saturated rings. The Morgan fingerprint density at radius 1 is 1.30 bits per heavy atom. The zero-order valence-corrected chi connectivity index (χ0v) is 16.5. The fourth-order valence-electron chi connectivity index (χ4n) is 3.03. The first-order valence-electron chi connectivity index (χ1n) is 8.39. The highest BCUT2D eigenvalue weighted by atomic mass is 32.2. The number of rotatable bonds is 4. The largest absolute Gasteiger partial charge is 0.296 e. The van der Waals surface area contributed by atoms with Crippen molar-refractivity contribution in [1.82, 2.24) is 0 Å². The summed E-state index contributed by atoms with van der Waals surface area (Å²) in [5.74, 6) is 1.51. The van der Waals surface area contributed by atoms with Crippen LogP contribution >= 0.6 is 11.8 Å². The van der Waals surface area contributed by atoms with Gasteiger partial charge in [-0.15, -0.1) is 11.8 Å². The standard InChI is InChI=1S/C19H28O2S2/c1-6-19(22-12-7-13-23(19)21)17(20)14(2)15-8-10-16(11-9-15)18(3,4)5/h8-11,14H,6-7,12-13H2,1-5H3/t14-,19+,23+/m0/s1. The van der Waals surface area contributed by atoms with E-state index >= 15 is 0 Å². The molecule has 1 heterocycles. The smallest absolute Gasteiger partial charge is 0.168 e. The number of hydrogen-bond donors (Lipinski definition) is 0. The Labute approximate surface area is 147 Å². The van der Waals surface area contributed by atoms with Gasteiger partial charge in [-0.05, 0) is 35.1 Å². The normalized spacial score (nSPS) is 26.7. The summed E-state index contributed by atoms with van der Waals surface area (Å²) in [6.45, 7) is 10.5. The molecule has 1 aromatic rings. The Morgan fingerprint density at radius 3 is 2.39 bits per heavy atom. The molecule has 3 atom stereocenters. The van der Waals surface area contributed by atoms with E-state index in [1.165, 1.54) is 5.56 Å². The zero-order valence-electron chi connectivity index (χ0n) is 14.8. The number of carbonyl (C=O) groups excluding carboxylic acids is 1. The average molecular weight is 353 g/mol. The Bertz CT molecular complexity index is 586. The second-order valence-electron chi connectivity index (χ2n) is 7.32. The van der Waals surface area contributed by atoms with Crippen LogP contribution in [0.5, 0.6) is 0 Å². The van der Waals surface area contributed by atoms with Crippen molar-refractivity contribution >= 4 is 28.3 Å². The van der Waals surface area contributed by atoms with E-state index in [4.69, 9.17) is 0 Å². The van der Waals surface area contributed by atoms with Crippen molar-refractivity contribution in [3.8, 4) is 0 Å². The second-order valence-corrected chi connectivity index (χ2v) is 10.8. The molecule has 23 heavy (non-hydrogen) atoms. The van der Waals surface area contributed by atoms with E-state index in [-0.39, 0.29) is 17.1 Å². The molecule has 0 spiro atoms. The number of benzene rings is 1. The van der Waals surface area contributed by atoms with Gasteiger partial charge in [-0.3, -0.25) is 9.00 Å². The van der Waals surface area contributed by atoms with Gasteiger partial charge >= 0.3 is 0 Å². The first kappa shape index (κ1) is 18.7. The van der Waals surface area contributed by atoms with Crippen molar-refractivity contribution in [3.63, 3.8) is 0 Å². The molecule has 1 saturated heterocycles. The van der Waals surface area contributed by atoms with Crippen LogP contribution in [0.4, 0.5) is 0 Å². The third kappa shape index (κ3) is 3.74. The molecule has 0 radical (unpaired) electrons. The van der Waals surface area contributed by atoms with Crippen molar-refractivity contribution in [3.05, 3.63) is 35.4 Å². The molecule has 1 aliphatic rings. The van der Waals surface area contributed by atoms with Gasteiger partial charge in [0.15, 0.2) is 5.78 Å². The molecular weight excluding hydrogens is 324 g/mol. The highest BCUT2D eigenvalue weighted by Crippen LogP contribution is 2.42. The van der Waals surface area contributed by atoms with Crippen molar-refractivity contribution in [1.29, 1.82) is 0 Å². The minimum absolute atomic E-state index is 0.108. The van der Waals surface area contributed by atoms with Gasteiger partial charge in [0, 0.05) is 22.5 Å². The summed E-state index contributed by atoms with van der Waals surface area (Å²) in [5.41, 5.74) is 2.40. The Morgan fingerprint density at radius 2 is 1.91 bits per heavy atom. The quantitative estimate of drug-likeness (QED) is 0.791. The van der Waals surface area contributed by atoms with Crippen LogP contribution in [0.25, 0.3) is 0 Å². The minimum atomic E-state index is -1.07. The monoisotopic (exact) mass is 352 g/mol. The van der Waals surface area contributed by atoms with Crippen LogP contribution in [0.3, 0.4) is 0 Å². The van der Waals surface area contributed by atoms with Crippen molar-refractivity contribution < 1.29 is 9.00 Å². The zero-order chi connectivity index (χ0) is 17.3. The Hall–Kier alpha value is -0.610. The van der Waals surface area contributed by atoms with Gasteiger partial charge in [-0.2, -0.15) is 0 Å². The molecule has 0 amide bonds. The van der Waals surface area contributed by atoms with Gasteiger partial charge in [0.1, 0.15) is 4.08 Å². The van der Waals surface area contributed by atoms with Gasteiger partial charge in [0.2, 0.25) is 0 Å². The molecule has 0 unspecified atom stereocenters. The van der Waals surface area contributed by atoms with E-state index in [9.17, 15) is 9.00 Å². The molecule has 0 saturated carbocycles. The van der Waals surface area contributed by atoms with Gasteiger partial charge in [-0.25, -0.2) is 0 Å². The number of ketones is 1.